The molecule has 27 heavy (non-hydrogen) atoms. The molecule has 7 nitrogen and oxygen atoms in total. The Kier molecular flexibility index (Phi) is 6.24. The molecule has 0 spiro atoms. The molecule has 0 aliphatic carbocycles. The minimum Gasteiger partial charge on any atom is -0.281 e. The normalized spacial score (nSPS) is 13.5. The van der Waals surface area contributed by atoms with Crippen LogP contribution in [-0.4, -0.2) is 43.5 Å². The van der Waals surface area contributed by atoms with E-state index in [2.05, 4.69) is 15.9 Å². The summed E-state index contributed by atoms with van der Waals surface area (Å²) in [6.07, 6.45) is 1.66. The molecule has 0 aliphatic rings. The van der Waals surface area contributed by atoms with Crippen molar-refractivity contribution >= 4 is 75.4 Å². The molecule has 1 aromatic carbocycles. The molecule has 11 heteroatoms. The average Bonchev–Trinajstić information content (AvgIpc) is 2.73. The largest absolute Gasteiger partial charge is 0.281 e. The van der Waals surface area contributed by atoms with Gasteiger partial charge < -0.3 is 0 Å². The first-order valence-electron chi connectivity index (χ1n) is 7.76. The van der Waals surface area contributed by atoms with Crippen molar-refractivity contribution in [1.29, 1.82) is 0 Å². The van der Waals surface area contributed by atoms with Crippen molar-refractivity contribution in [3.05, 3.63) is 31.9 Å². The van der Waals surface area contributed by atoms with Crippen molar-refractivity contribution in [2.24, 2.45) is 5.41 Å². The summed E-state index contributed by atoms with van der Waals surface area (Å²) in [4.78, 5) is 13.1. The maximum absolute atomic E-state index is 13.1. The quantitative estimate of drug-likeness (QED) is 0.509. The fourth-order valence-electron chi connectivity index (χ4n) is 2.59. The Balaban J connectivity index is 2.86. The number of hydrogen-bond acceptors (Lipinski definition) is 5. The van der Waals surface area contributed by atoms with Gasteiger partial charge in [-0.25, -0.2) is 16.8 Å². The van der Waals surface area contributed by atoms with E-state index in [4.69, 9.17) is 0 Å². The molecule has 0 aliphatic heterocycles. The highest BCUT2D eigenvalue weighted by Gasteiger charge is 2.33. The Morgan fingerprint density at radius 3 is 2.11 bits per heavy atom. The van der Waals surface area contributed by atoms with E-state index in [0.717, 1.165) is 22.4 Å². The number of aromatic nitrogens is 1. The Labute approximate surface area is 181 Å². The van der Waals surface area contributed by atoms with Gasteiger partial charge in [0.25, 0.3) is 0 Å². The second-order valence-electron chi connectivity index (χ2n) is 7.27. The minimum absolute atomic E-state index is 0.255. The predicted octanol–water partition coefficient (Wildman–Crippen LogP) is 3.42. The van der Waals surface area contributed by atoms with Gasteiger partial charge in [0, 0.05) is 18.8 Å². The molecule has 0 radical (unpaired) electrons. The molecule has 1 aromatic heterocycles. The summed E-state index contributed by atoms with van der Waals surface area (Å²) in [7, 11) is -8.11. The number of carbonyl (C=O) groups excluding carboxylic acids is 1. The van der Waals surface area contributed by atoms with Crippen LogP contribution in [0.15, 0.2) is 22.7 Å². The lowest BCUT2D eigenvalue weighted by Crippen LogP contribution is -2.37. The van der Waals surface area contributed by atoms with Crippen molar-refractivity contribution in [3.8, 4) is 0 Å². The van der Waals surface area contributed by atoms with E-state index in [1.807, 2.05) is 28.7 Å². The van der Waals surface area contributed by atoms with Crippen molar-refractivity contribution in [2.45, 2.75) is 27.3 Å². The van der Waals surface area contributed by atoms with Crippen LogP contribution in [0, 0.1) is 8.99 Å². The Hall–Kier alpha value is -0.500. The number of nitrogens with zero attached hydrogens (tertiary/aromatic N) is 2. The number of benzene rings is 1. The van der Waals surface area contributed by atoms with Gasteiger partial charge >= 0.3 is 0 Å². The van der Waals surface area contributed by atoms with Crippen LogP contribution in [-0.2, 0) is 26.6 Å². The van der Waals surface area contributed by atoms with Crippen LogP contribution in [0.5, 0.6) is 0 Å². The number of hydrogen-bond donors (Lipinski definition) is 0. The standard InChI is InChI=1S/C16H20BrIN2O5S2/c1-16(2,3)15(21)20-12-7-6-10(17)8-11(12)14(18)13(20)9-19(26(4,22)23)27(5,24)25/h6-8H,9H2,1-5H3. The Bertz CT molecular complexity index is 1100. The van der Waals surface area contributed by atoms with E-state index >= 15 is 0 Å². The number of sulfonamides is 2. The van der Waals surface area contributed by atoms with Crippen LogP contribution in [0.2, 0.25) is 0 Å². The van der Waals surface area contributed by atoms with E-state index in [1.165, 1.54) is 4.57 Å². The van der Waals surface area contributed by atoms with E-state index in [0.29, 0.717) is 18.5 Å². The molecule has 0 amide bonds. The van der Waals surface area contributed by atoms with Crippen LogP contribution < -0.4 is 0 Å². The van der Waals surface area contributed by atoms with Crippen molar-refractivity contribution in [3.63, 3.8) is 0 Å². The molecule has 1 heterocycles. The predicted molar refractivity (Wildman–Crippen MR) is 118 cm³/mol. The second kappa shape index (κ2) is 7.39. The fraction of sp³-hybridized carbons (Fsp3) is 0.438. The third-order valence-corrected chi connectivity index (χ3v) is 8.88. The summed E-state index contributed by atoms with van der Waals surface area (Å²) in [5.41, 5.74) is 0.164. The maximum atomic E-state index is 13.1. The fourth-order valence-corrected chi connectivity index (χ4v) is 6.47. The van der Waals surface area contributed by atoms with Crippen LogP contribution in [0.25, 0.3) is 10.9 Å². The lowest BCUT2D eigenvalue weighted by Gasteiger charge is -2.23. The number of fused-ring (bicyclic) bond motifs is 1. The van der Waals surface area contributed by atoms with Crippen LogP contribution in [0.1, 0.15) is 31.3 Å². The van der Waals surface area contributed by atoms with E-state index in [-0.39, 0.29) is 5.91 Å². The first kappa shape index (κ1) is 22.8. The highest BCUT2D eigenvalue weighted by molar-refractivity contribution is 14.1. The topological polar surface area (TPSA) is 93.5 Å². The number of carbonyl (C=O) groups is 1. The Morgan fingerprint density at radius 2 is 1.67 bits per heavy atom. The molecular formula is C16H20BrIN2O5S2. The third kappa shape index (κ3) is 4.74. The van der Waals surface area contributed by atoms with E-state index in [9.17, 15) is 21.6 Å². The van der Waals surface area contributed by atoms with Crippen LogP contribution in [0.4, 0.5) is 0 Å². The van der Waals surface area contributed by atoms with Gasteiger partial charge in [-0.1, -0.05) is 40.4 Å². The minimum atomic E-state index is -4.05. The molecule has 0 saturated carbocycles. The van der Waals surface area contributed by atoms with E-state index < -0.39 is 32.0 Å². The SMILES string of the molecule is CC(C)(C)C(=O)n1c(CN(S(C)(=O)=O)S(C)(=O)=O)c(I)c2cc(Br)ccc21. The van der Waals surface area contributed by atoms with Crippen LogP contribution in [0.3, 0.4) is 0 Å². The zero-order valence-electron chi connectivity index (χ0n) is 15.4. The molecule has 0 saturated heterocycles. The van der Waals surface area contributed by atoms with Crippen molar-refractivity contribution in [1.82, 2.24) is 8.28 Å². The van der Waals surface area contributed by atoms with Crippen molar-refractivity contribution in [2.75, 3.05) is 12.5 Å². The molecule has 0 bridgehead atoms. The first-order valence-corrected chi connectivity index (χ1v) is 13.3. The summed E-state index contributed by atoms with van der Waals surface area (Å²) in [5.74, 6) is -0.255. The van der Waals surface area contributed by atoms with Gasteiger partial charge in [-0.05, 0) is 40.8 Å². The number of rotatable bonds is 4. The molecule has 0 fully saturated rings. The zero-order valence-corrected chi connectivity index (χ0v) is 20.8. The van der Waals surface area contributed by atoms with Gasteiger partial charge in [0.15, 0.2) is 0 Å². The van der Waals surface area contributed by atoms with E-state index in [1.54, 1.807) is 32.9 Å². The smallest absolute Gasteiger partial charge is 0.236 e. The molecule has 2 aromatic rings. The average molecular weight is 591 g/mol. The van der Waals surface area contributed by atoms with Gasteiger partial charge in [-0.3, -0.25) is 9.36 Å². The first-order chi connectivity index (χ1) is 12.0. The summed E-state index contributed by atoms with van der Waals surface area (Å²) in [6, 6.07) is 5.34. The Morgan fingerprint density at radius 1 is 1.15 bits per heavy atom. The third-order valence-electron chi connectivity index (χ3n) is 3.82. The molecule has 0 N–H and O–H groups in total. The second-order valence-corrected chi connectivity index (χ2v) is 13.3. The summed E-state index contributed by atoms with van der Waals surface area (Å²) < 4.78 is 51.6. The lowest BCUT2D eigenvalue weighted by molar-refractivity contribution is 0.0768. The summed E-state index contributed by atoms with van der Waals surface area (Å²) >= 11 is 5.41. The van der Waals surface area contributed by atoms with Gasteiger partial charge in [0.1, 0.15) is 0 Å². The van der Waals surface area contributed by atoms with Gasteiger partial charge in [-0.2, -0.15) is 0 Å². The lowest BCUT2D eigenvalue weighted by atomic mass is 9.95. The summed E-state index contributed by atoms with van der Waals surface area (Å²) in [6.45, 7) is 4.80. The van der Waals surface area contributed by atoms with Gasteiger partial charge in [0.2, 0.25) is 26.0 Å². The van der Waals surface area contributed by atoms with Crippen molar-refractivity contribution < 1.29 is 21.6 Å². The molecule has 0 unspecified atom stereocenters. The van der Waals surface area contributed by atoms with Crippen LogP contribution >= 0.6 is 38.5 Å². The maximum Gasteiger partial charge on any atom is 0.236 e. The monoisotopic (exact) mass is 590 g/mol. The zero-order chi connectivity index (χ0) is 20.9. The number of halogens is 2. The summed E-state index contributed by atoms with van der Waals surface area (Å²) in [5, 5.41) is 0.736. The highest BCUT2D eigenvalue weighted by atomic mass is 127. The highest BCUT2D eigenvalue weighted by Crippen LogP contribution is 2.34. The molecule has 2 rings (SSSR count). The molecule has 150 valence electrons. The molecule has 0 atom stereocenters. The van der Waals surface area contributed by atoms with Gasteiger partial charge in [0.05, 0.1) is 30.3 Å². The van der Waals surface area contributed by atoms with Gasteiger partial charge in [-0.15, -0.1) is 0 Å². The molecular weight excluding hydrogens is 571 g/mol.